The van der Waals surface area contributed by atoms with Crippen molar-refractivity contribution in [1.29, 1.82) is 0 Å². The van der Waals surface area contributed by atoms with Crippen molar-refractivity contribution in [2.45, 2.75) is 39.3 Å². The summed E-state index contributed by atoms with van der Waals surface area (Å²) < 4.78 is 0. The maximum Gasteiger partial charge on any atom is 0.0642 e. The molecule has 0 spiro atoms. The maximum absolute atomic E-state index is 6.36. The van der Waals surface area contributed by atoms with Crippen LogP contribution in [-0.4, -0.2) is 12.6 Å². The van der Waals surface area contributed by atoms with Crippen molar-refractivity contribution in [1.82, 2.24) is 0 Å². The highest BCUT2D eigenvalue weighted by Gasteiger charge is 2.28. The average molecular weight is 253 g/mol. The van der Waals surface area contributed by atoms with Gasteiger partial charge >= 0.3 is 0 Å². The molecule has 1 heterocycles. The van der Waals surface area contributed by atoms with Gasteiger partial charge in [-0.1, -0.05) is 31.5 Å². The van der Waals surface area contributed by atoms with Crippen LogP contribution in [0.5, 0.6) is 0 Å². The highest BCUT2D eigenvalue weighted by atomic mass is 35.5. The molecule has 2 N–H and O–H groups in total. The number of hydrogen-bond acceptors (Lipinski definition) is 2. The molecule has 0 bridgehead atoms. The molecule has 1 fully saturated rings. The van der Waals surface area contributed by atoms with Gasteiger partial charge < -0.3 is 10.6 Å². The van der Waals surface area contributed by atoms with Gasteiger partial charge in [-0.2, -0.15) is 0 Å². The largest absolute Gasteiger partial charge is 0.367 e. The number of hydrogen-bond donors (Lipinski definition) is 1. The van der Waals surface area contributed by atoms with Gasteiger partial charge in [0.15, 0.2) is 0 Å². The molecule has 1 aromatic rings. The molecule has 17 heavy (non-hydrogen) atoms. The summed E-state index contributed by atoms with van der Waals surface area (Å²) in [6.07, 6.45) is 2.53. The van der Waals surface area contributed by atoms with Crippen LogP contribution in [0.1, 0.15) is 32.3 Å². The van der Waals surface area contributed by atoms with Gasteiger partial charge in [-0.25, -0.2) is 0 Å². The second kappa shape index (κ2) is 5.28. The maximum atomic E-state index is 6.36. The summed E-state index contributed by atoms with van der Waals surface area (Å²) in [5.74, 6) is 0.669. The van der Waals surface area contributed by atoms with Gasteiger partial charge in [-0.15, -0.1) is 0 Å². The fraction of sp³-hybridized carbons (Fsp3) is 0.571. The average Bonchev–Trinajstić information content (AvgIpc) is 2.77. The van der Waals surface area contributed by atoms with Gasteiger partial charge in [0.2, 0.25) is 0 Å². The van der Waals surface area contributed by atoms with Crippen molar-refractivity contribution in [3.63, 3.8) is 0 Å². The van der Waals surface area contributed by atoms with Crippen LogP contribution in [0, 0.1) is 5.92 Å². The minimum absolute atomic E-state index is 0.549. The molecular formula is C14H21ClN2. The van der Waals surface area contributed by atoms with Crippen molar-refractivity contribution < 1.29 is 0 Å². The number of anilines is 1. The molecule has 2 nitrogen and oxygen atoms in total. The molecule has 3 heteroatoms. The Morgan fingerprint density at radius 3 is 2.82 bits per heavy atom. The summed E-state index contributed by atoms with van der Waals surface area (Å²) >= 11 is 6.36. The molecule has 1 aliphatic rings. The Hall–Kier alpha value is -0.730. The molecule has 1 unspecified atom stereocenters. The van der Waals surface area contributed by atoms with E-state index < -0.39 is 0 Å². The highest BCUT2D eigenvalue weighted by molar-refractivity contribution is 6.33. The molecule has 0 saturated carbocycles. The topological polar surface area (TPSA) is 29.3 Å². The Morgan fingerprint density at radius 1 is 1.47 bits per heavy atom. The first kappa shape index (κ1) is 12.7. The minimum atomic E-state index is 0.549. The predicted octanol–water partition coefficient (Wildman–Crippen LogP) is 3.42. The first-order valence-corrected chi connectivity index (χ1v) is 6.76. The first-order valence-electron chi connectivity index (χ1n) is 6.38. The Bertz CT molecular complexity index is 390. The Morgan fingerprint density at radius 2 is 2.24 bits per heavy atom. The number of nitrogens with zero attached hydrogens (tertiary/aromatic N) is 1. The Balaban J connectivity index is 2.27. The summed E-state index contributed by atoms with van der Waals surface area (Å²) in [7, 11) is 0. The molecule has 2 rings (SSSR count). The fourth-order valence-corrected chi connectivity index (χ4v) is 3.01. The van der Waals surface area contributed by atoms with Crippen molar-refractivity contribution in [3.8, 4) is 0 Å². The summed E-state index contributed by atoms with van der Waals surface area (Å²) in [6.45, 7) is 6.23. The molecule has 1 atom stereocenters. The molecule has 1 saturated heterocycles. The van der Waals surface area contributed by atoms with Gasteiger partial charge in [0, 0.05) is 19.1 Å². The standard InChI is InChI=1S/C14H21ClN2/c1-10(2)13-4-3-7-17(13)14-6-5-11(9-16)8-12(14)15/h5-6,8,10,13H,3-4,7,9,16H2,1-2H3. The first-order chi connectivity index (χ1) is 8.13. The zero-order valence-electron chi connectivity index (χ0n) is 10.6. The normalized spacial score (nSPS) is 20.3. The molecule has 0 radical (unpaired) electrons. The summed E-state index contributed by atoms with van der Waals surface area (Å²) in [5, 5.41) is 0.834. The zero-order valence-corrected chi connectivity index (χ0v) is 11.4. The number of benzene rings is 1. The van der Waals surface area contributed by atoms with Crippen LogP contribution in [0.3, 0.4) is 0 Å². The third-order valence-corrected chi connectivity index (χ3v) is 3.93. The molecule has 0 amide bonds. The fourth-order valence-electron chi connectivity index (χ4n) is 2.70. The van der Waals surface area contributed by atoms with Gasteiger partial charge in [0.05, 0.1) is 10.7 Å². The van der Waals surface area contributed by atoms with Crippen molar-refractivity contribution >= 4 is 17.3 Å². The van der Waals surface area contributed by atoms with Crippen LogP contribution in [0.15, 0.2) is 18.2 Å². The van der Waals surface area contributed by atoms with Gasteiger partial charge in [-0.3, -0.25) is 0 Å². The second-order valence-electron chi connectivity index (χ2n) is 5.14. The lowest BCUT2D eigenvalue weighted by Gasteiger charge is -2.30. The van der Waals surface area contributed by atoms with Crippen LogP contribution < -0.4 is 10.6 Å². The molecule has 1 aromatic carbocycles. The third kappa shape index (κ3) is 2.58. The van der Waals surface area contributed by atoms with Crippen LogP contribution in [0.4, 0.5) is 5.69 Å². The molecule has 94 valence electrons. The van der Waals surface area contributed by atoms with E-state index in [-0.39, 0.29) is 0 Å². The quantitative estimate of drug-likeness (QED) is 0.893. The molecule has 0 aromatic heterocycles. The van der Waals surface area contributed by atoms with E-state index in [0.717, 1.165) is 17.1 Å². The van der Waals surface area contributed by atoms with Gasteiger partial charge in [0.25, 0.3) is 0 Å². The summed E-state index contributed by atoms with van der Waals surface area (Å²) in [5.41, 5.74) is 7.89. The Kier molecular flexibility index (Phi) is 3.95. The molecule has 1 aliphatic heterocycles. The van der Waals surface area contributed by atoms with E-state index in [2.05, 4.69) is 30.9 Å². The summed E-state index contributed by atoms with van der Waals surface area (Å²) in [4.78, 5) is 2.45. The lowest BCUT2D eigenvalue weighted by atomic mass is 10.0. The van der Waals surface area contributed by atoms with Crippen molar-refractivity contribution in [3.05, 3.63) is 28.8 Å². The van der Waals surface area contributed by atoms with Crippen LogP contribution in [0.2, 0.25) is 5.02 Å². The van der Waals surface area contributed by atoms with Crippen molar-refractivity contribution in [2.24, 2.45) is 11.7 Å². The number of rotatable bonds is 3. The minimum Gasteiger partial charge on any atom is -0.367 e. The lowest BCUT2D eigenvalue weighted by molar-refractivity contribution is 0.492. The SMILES string of the molecule is CC(C)C1CCCN1c1ccc(CN)cc1Cl. The van der Waals surface area contributed by atoms with Crippen LogP contribution in [-0.2, 0) is 6.54 Å². The van der Waals surface area contributed by atoms with E-state index in [4.69, 9.17) is 17.3 Å². The lowest BCUT2D eigenvalue weighted by Crippen LogP contribution is -2.33. The van der Waals surface area contributed by atoms with Crippen LogP contribution >= 0.6 is 11.6 Å². The van der Waals surface area contributed by atoms with Gasteiger partial charge in [-0.05, 0) is 36.5 Å². The third-order valence-electron chi connectivity index (χ3n) is 3.63. The molecular weight excluding hydrogens is 232 g/mol. The van der Waals surface area contributed by atoms with E-state index in [1.807, 2.05) is 6.07 Å². The zero-order chi connectivity index (χ0) is 12.4. The van der Waals surface area contributed by atoms with E-state index in [1.165, 1.54) is 18.5 Å². The molecule has 0 aliphatic carbocycles. The highest BCUT2D eigenvalue weighted by Crippen LogP contribution is 2.34. The van der Waals surface area contributed by atoms with Crippen LogP contribution in [0.25, 0.3) is 0 Å². The van der Waals surface area contributed by atoms with Gasteiger partial charge in [0.1, 0.15) is 0 Å². The van der Waals surface area contributed by atoms with E-state index >= 15 is 0 Å². The number of nitrogens with two attached hydrogens (primary N) is 1. The van der Waals surface area contributed by atoms with Crippen molar-refractivity contribution in [2.75, 3.05) is 11.4 Å². The Labute approximate surface area is 109 Å². The van der Waals surface area contributed by atoms with E-state index in [0.29, 0.717) is 18.5 Å². The smallest absolute Gasteiger partial charge is 0.0642 e. The number of halogens is 1. The van der Waals surface area contributed by atoms with E-state index in [1.54, 1.807) is 0 Å². The van der Waals surface area contributed by atoms with E-state index in [9.17, 15) is 0 Å². The second-order valence-corrected chi connectivity index (χ2v) is 5.54. The predicted molar refractivity (Wildman–Crippen MR) is 74.5 cm³/mol. The summed E-state index contributed by atoms with van der Waals surface area (Å²) in [6, 6.07) is 6.81. The monoisotopic (exact) mass is 252 g/mol.